The van der Waals surface area contributed by atoms with Crippen LogP contribution in [-0.4, -0.2) is 17.1 Å². The average molecular weight is 263 g/mol. The summed E-state index contributed by atoms with van der Waals surface area (Å²) in [6.45, 7) is 6.02. The van der Waals surface area contributed by atoms with E-state index >= 15 is 0 Å². The lowest BCUT2D eigenvalue weighted by molar-refractivity contribution is 0.0938. The third kappa shape index (κ3) is 5.33. The van der Waals surface area contributed by atoms with E-state index in [1.54, 1.807) is 25.1 Å². The number of amides is 1. The van der Waals surface area contributed by atoms with Gasteiger partial charge in [-0.05, 0) is 44.0 Å². The van der Waals surface area contributed by atoms with Crippen molar-refractivity contribution in [1.29, 1.82) is 0 Å². The van der Waals surface area contributed by atoms with Crippen molar-refractivity contribution in [3.05, 3.63) is 29.3 Å². The Morgan fingerprint density at radius 3 is 2.68 bits per heavy atom. The van der Waals surface area contributed by atoms with Crippen LogP contribution in [0, 0.1) is 6.92 Å². The van der Waals surface area contributed by atoms with Crippen LogP contribution in [0.3, 0.4) is 0 Å². The van der Waals surface area contributed by atoms with E-state index in [2.05, 4.69) is 12.2 Å². The monoisotopic (exact) mass is 263 g/mol. The Labute approximate surface area is 116 Å². The summed E-state index contributed by atoms with van der Waals surface area (Å²) >= 11 is 0. The average Bonchev–Trinajstić information content (AvgIpc) is 2.38. The van der Waals surface area contributed by atoms with Crippen LogP contribution in [0.5, 0.6) is 5.75 Å². The SMILES string of the molecule is CCCCCCC(C)NC(=O)c1ccc(O)c(C)c1. The molecular weight excluding hydrogens is 238 g/mol. The number of unbranched alkanes of at least 4 members (excludes halogenated alkanes) is 3. The normalized spacial score (nSPS) is 12.2. The van der Waals surface area contributed by atoms with E-state index in [1.165, 1.54) is 19.3 Å². The minimum absolute atomic E-state index is 0.0638. The molecule has 0 aliphatic heterocycles. The molecule has 1 aromatic rings. The zero-order valence-corrected chi connectivity index (χ0v) is 12.2. The molecule has 0 radical (unpaired) electrons. The van der Waals surface area contributed by atoms with Gasteiger partial charge in [0.2, 0.25) is 0 Å². The molecule has 0 aliphatic carbocycles. The van der Waals surface area contributed by atoms with E-state index in [0.717, 1.165) is 18.4 Å². The molecule has 0 heterocycles. The molecule has 1 aromatic carbocycles. The van der Waals surface area contributed by atoms with Gasteiger partial charge in [-0.25, -0.2) is 0 Å². The molecule has 1 rings (SSSR count). The van der Waals surface area contributed by atoms with Crippen LogP contribution < -0.4 is 5.32 Å². The number of carbonyl (C=O) groups is 1. The molecular formula is C16H25NO2. The molecule has 0 aliphatic rings. The number of phenols is 1. The summed E-state index contributed by atoms with van der Waals surface area (Å²) in [6.07, 6.45) is 5.90. The van der Waals surface area contributed by atoms with E-state index in [0.29, 0.717) is 5.56 Å². The highest BCUT2D eigenvalue weighted by Gasteiger charge is 2.10. The van der Waals surface area contributed by atoms with Crippen molar-refractivity contribution in [3.8, 4) is 5.75 Å². The van der Waals surface area contributed by atoms with Crippen molar-refractivity contribution in [2.45, 2.75) is 58.9 Å². The third-order valence-corrected chi connectivity index (χ3v) is 3.33. The molecule has 1 atom stereocenters. The van der Waals surface area contributed by atoms with Crippen LogP contribution in [0.15, 0.2) is 18.2 Å². The number of nitrogens with one attached hydrogen (secondary N) is 1. The fourth-order valence-corrected chi connectivity index (χ4v) is 2.05. The van der Waals surface area contributed by atoms with E-state index in [9.17, 15) is 9.90 Å². The highest BCUT2D eigenvalue weighted by atomic mass is 16.3. The van der Waals surface area contributed by atoms with Gasteiger partial charge in [-0.2, -0.15) is 0 Å². The zero-order chi connectivity index (χ0) is 14.3. The van der Waals surface area contributed by atoms with E-state index < -0.39 is 0 Å². The number of aromatic hydroxyl groups is 1. The van der Waals surface area contributed by atoms with Crippen molar-refractivity contribution >= 4 is 5.91 Å². The quantitative estimate of drug-likeness (QED) is 0.735. The molecule has 1 amide bonds. The summed E-state index contributed by atoms with van der Waals surface area (Å²) in [5.41, 5.74) is 1.33. The molecule has 3 nitrogen and oxygen atoms in total. The van der Waals surface area contributed by atoms with Crippen molar-refractivity contribution < 1.29 is 9.90 Å². The number of hydrogen-bond acceptors (Lipinski definition) is 2. The fraction of sp³-hybridized carbons (Fsp3) is 0.562. The molecule has 3 heteroatoms. The highest BCUT2D eigenvalue weighted by Crippen LogP contribution is 2.17. The summed E-state index contributed by atoms with van der Waals surface area (Å²) in [5, 5.41) is 12.4. The minimum Gasteiger partial charge on any atom is -0.508 e. The van der Waals surface area contributed by atoms with Gasteiger partial charge in [0.05, 0.1) is 0 Å². The zero-order valence-electron chi connectivity index (χ0n) is 12.2. The fourth-order valence-electron chi connectivity index (χ4n) is 2.05. The summed E-state index contributed by atoms with van der Waals surface area (Å²) in [7, 11) is 0. The first-order valence-corrected chi connectivity index (χ1v) is 7.15. The highest BCUT2D eigenvalue weighted by molar-refractivity contribution is 5.94. The molecule has 106 valence electrons. The van der Waals surface area contributed by atoms with Gasteiger partial charge in [-0.3, -0.25) is 4.79 Å². The second-order valence-corrected chi connectivity index (χ2v) is 5.23. The first-order valence-electron chi connectivity index (χ1n) is 7.15. The van der Waals surface area contributed by atoms with Gasteiger partial charge in [0.1, 0.15) is 5.75 Å². The number of hydrogen-bond donors (Lipinski definition) is 2. The molecule has 0 bridgehead atoms. The number of phenolic OH excluding ortho intramolecular Hbond substituents is 1. The van der Waals surface area contributed by atoms with Crippen LogP contribution in [0.4, 0.5) is 0 Å². The maximum absolute atomic E-state index is 12.0. The molecule has 0 fully saturated rings. The summed E-state index contributed by atoms with van der Waals surface area (Å²) in [6, 6.07) is 5.13. The maximum Gasteiger partial charge on any atom is 0.251 e. The maximum atomic E-state index is 12.0. The van der Waals surface area contributed by atoms with E-state index in [1.807, 2.05) is 6.92 Å². The predicted molar refractivity (Wildman–Crippen MR) is 78.5 cm³/mol. The van der Waals surface area contributed by atoms with Gasteiger partial charge in [0, 0.05) is 11.6 Å². The van der Waals surface area contributed by atoms with E-state index in [-0.39, 0.29) is 17.7 Å². The van der Waals surface area contributed by atoms with Crippen molar-refractivity contribution in [2.24, 2.45) is 0 Å². The molecule has 0 aromatic heterocycles. The number of carbonyl (C=O) groups excluding carboxylic acids is 1. The molecule has 0 spiro atoms. The molecule has 0 saturated heterocycles. The Hall–Kier alpha value is -1.51. The standard InChI is InChI=1S/C16H25NO2/c1-4-5-6-7-8-13(3)17-16(19)14-9-10-15(18)12(2)11-14/h9-11,13,18H,4-8H2,1-3H3,(H,17,19). The lowest BCUT2D eigenvalue weighted by atomic mass is 10.1. The Morgan fingerprint density at radius 1 is 1.32 bits per heavy atom. The third-order valence-electron chi connectivity index (χ3n) is 3.33. The Kier molecular flexibility index (Phi) is 6.40. The van der Waals surface area contributed by atoms with Crippen LogP contribution in [-0.2, 0) is 0 Å². The minimum atomic E-state index is -0.0638. The first-order chi connectivity index (χ1) is 9.04. The lowest BCUT2D eigenvalue weighted by Crippen LogP contribution is -2.32. The van der Waals surface area contributed by atoms with Gasteiger partial charge in [-0.15, -0.1) is 0 Å². The Bertz CT molecular complexity index is 415. The van der Waals surface area contributed by atoms with Gasteiger partial charge in [0.15, 0.2) is 0 Å². The summed E-state index contributed by atoms with van der Waals surface area (Å²) in [4.78, 5) is 12.0. The van der Waals surface area contributed by atoms with Crippen LogP contribution >= 0.6 is 0 Å². The first kappa shape index (κ1) is 15.5. The van der Waals surface area contributed by atoms with Gasteiger partial charge in [-0.1, -0.05) is 32.6 Å². The molecule has 2 N–H and O–H groups in total. The van der Waals surface area contributed by atoms with Crippen LogP contribution in [0.1, 0.15) is 61.9 Å². The number of aryl methyl sites for hydroxylation is 1. The molecule has 1 unspecified atom stereocenters. The second-order valence-electron chi connectivity index (χ2n) is 5.23. The largest absolute Gasteiger partial charge is 0.508 e. The van der Waals surface area contributed by atoms with Gasteiger partial charge < -0.3 is 10.4 Å². The van der Waals surface area contributed by atoms with Crippen LogP contribution in [0.25, 0.3) is 0 Å². The Morgan fingerprint density at radius 2 is 2.05 bits per heavy atom. The van der Waals surface area contributed by atoms with Crippen molar-refractivity contribution in [2.75, 3.05) is 0 Å². The number of rotatable bonds is 7. The molecule has 19 heavy (non-hydrogen) atoms. The molecule has 0 saturated carbocycles. The van der Waals surface area contributed by atoms with Crippen molar-refractivity contribution in [3.63, 3.8) is 0 Å². The van der Waals surface area contributed by atoms with Crippen LogP contribution in [0.2, 0.25) is 0 Å². The topological polar surface area (TPSA) is 49.3 Å². The summed E-state index contributed by atoms with van der Waals surface area (Å²) < 4.78 is 0. The summed E-state index contributed by atoms with van der Waals surface area (Å²) in [5.74, 6) is 0.162. The van der Waals surface area contributed by atoms with Crippen molar-refractivity contribution in [1.82, 2.24) is 5.32 Å². The smallest absolute Gasteiger partial charge is 0.251 e. The Balaban J connectivity index is 2.43. The van der Waals surface area contributed by atoms with E-state index in [4.69, 9.17) is 0 Å². The van der Waals surface area contributed by atoms with Gasteiger partial charge in [0.25, 0.3) is 5.91 Å². The van der Waals surface area contributed by atoms with Gasteiger partial charge >= 0.3 is 0 Å². The predicted octanol–water partition coefficient (Wildman–Crippen LogP) is 3.79. The number of benzene rings is 1. The second kappa shape index (κ2) is 7.82. The lowest BCUT2D eigenvalue weighted by Gasteiger charge is -2.14.